The van der Waals surface area contributed by atoms with Gasteiger partial charge in [0.25, 0.3) is 0 Å². The number of hydrogen-bond donors (Lipinski definition) is 2. The van der Waals surface area contributed by atoms with Gasteiger partial charge < -0.3 is 11.1 Å². The smallest absolute Gasteiger partial charge is 0.227 e. The van der Waals surface area contributed by atoms with E-state index in [2.05, 4.69) is 5.32 Å². The zero-order valence-corrected chi connectivity index (χ0v) is 11.9. The summed E-state index contributed by atoms with van der Waals surface area (Å²) < 4.78 is 0. The number of nitrogen functional groups attached to an aromatic ring is 1. The average molecular weight is 281 g/mol. The van der Waals surface area contributed by atoms with Gasteiger partial charge in [0.2, 0.25) is 5.91 Å². The van der Waals surface area contributed by atoms with E-state index in [1.165, 1.54) is 19.3 Å². The lowest BCUT2D eigenvalue weighted by atomic mass is 9.90. The highest BCUT2D eigenvalue weighted by molar-refractivity contribution is 6.34. The molecule has 1 aliphatic carbocycles. The lowest BCUT2D eigenvalue weighted by molar-refractivity contribution is -0.120. The summed E-state index contributed by atoms with van der Waals surface area (Å²) >= 11 is 6.08. The van der Waals surface area contributed by atoms with Gasteiger partial charge in [-0.25, -0.2) is 0 Å². The number of amides is 1. The number of carbonyl (C=O) groups excluding carboxylic acids is 1. The molecule has 3 nitrogen and oxygen atoms in total. The molecule has 1 amide bonds. The van der Waals surface area contributed by atoms with Gasteiger partial charge in [0, 0.05) is 11.6 Å². The van der Waals surface area contributed by atoms with Crippen LogP contribution in [0.2, 0.25) is 5.02 Å². The lowest BCUT2D eigenvalue weighted by Gasteiger charge is -2.19. The molecule has 0 heterocycles. The largest absolute Gasteiger partial charge is 0.399 e. The van der Waals surface area contributed by atoms with Crippen LogP contribution < -0.4 is 11.1 Å². The second-order valence-corrected chi connectivity index (χ2v) is 5.68. The molecular formula is C15H21ClN2O. The number of carbonyl (C=O) groups is 1. The Bertz CT molecular complexity index is 440. The second kappa shape index (κ2) is 6.80. The molecule has 0 radical (unpaired) electrons. The molecule has 2 rings (SSSR count). The molecule has 1 fully saturated rings. The van der Waals surface area contributed by atoms with E-state index in [9.17, 15) is 4.79 Å². The Morgan fingerprint density at radius 1 is 1.16 bits per heavy atom. The maximum absolute atomic E-state index is 12.3. The van der Waals surface area contributed by atoms with Crippen molar-refractivity contribution in [1.82, 2.24) is 0 Å². The number of rotatable bonds is 2. The quantitative estimate of drug-likeness (QED) is 0.797. The van der Waals surface area contributed by atoms with Crippen molar-refractivity contribution in [2.75, 3.05) is 11.1 Å². The molecule has 0 aliphatic heterocycles. The van der Waals surface area contributed by atoms with E-state index in [4.69, 9.17) is 17.3 Å². The molecule has 4 heteroatoms. The normalized spacial score (nSPS) is 17.5. The first kappa shape index (κ1) is 14.2. The Morgan fingerprint density at radius 3 is 2.42 bits per heavy atom. The van der Waals surface area contributed by atoms with Gasteiger partial charge in [-0.15, -0.1) is 0 Å². The minimum atomic E-state index is 0.0913. The molecule has 19 heavy (non-hydrogen) atoms. The van der Waals surface area contributed by atoms with E-state index >= 15 is 0 Å². The predicted octanol–water partition coefficient (Wildman–Crippen LogP) is 4.22. The van der Waals surface area contributed by atoms with Crippen molar-refractivity contribution in [1.29, 1.82) is 0 Å². The van der Waals surface area contributed by atoms with Crippen molar-refractivity contribution in [3.8, 4) is 0 Å². The van der Waals surface area contributed by atoms with Gasteiger partial charge in [0.1, 0.15) is 0 Å². The first-order chi connectivity index (χ1) is 9.16. The van der Waals surface area contributed by atoms with E-state index in [-0.39, 0.29) is 11.8 Å². The molecule has 3 N–H and O–H groups in total. The summed E-state index contributed by atoms with van der Waals surface area (Å²) in [6, 6.07) is 5.17. The Labute approximate surface area is 119 Å². The number of benzene rings is 1. The van der Waals surface area contributed by atoms with Crippen LogP contribution in [0.1, 0.15) is 44.9 Å². The third-order valence-corrected chi connectivity index (χ3v) is 4.04. The maximum Gasteiger partial charge on any atom is 0.227 e. The standard InChI is InChI=1S/C15H21ClN2O/c16-13-10-12(17)8-9-14(13)18-15(19)11-6-4-2-1-3-5-7-11/h8-11H,1-7,17H2,(H,18,19). The monoisotopic (exact) mass is 280 g/mol. The van der Waals surface area contributed by atoms with Crippen LogP contribution in [0.5, 0.6) is 0 Å². The topological polar surface area (TPSA) is 55.1 Å². The fourth-order valence-electron chi connectivity index (χ4n) is 2.59. The van der Waals surface area contributed by atoms with E-state index in [0.29, 0.717) is 16.4 Å². The molecule has 1 aliphatic rings. The predicted molar refractivity (Wildman–Crippen MR) is 80.3 cm³/mol. The fourth-order valence-corrected chi connectivity index (χ4v) is 2.82. The molecular weight excluding hydrogens is 260 g/mol. The van der Waals surface area contributed by atoms with Crippen LogP contribution in [0.4, 0.5) is 11.4 Å². The number of halogens is 1. The van der Waals surface area contributed by atoms with E-state index in [1.807, 2.05) is 0 Å². The zero-order chi connectivity index (χ0) is 13.7. The van der Waals surface area contributed by atoms with Gasteiger partial charge in [0.05, 0.1) is 10.7 Å². The van der Waals surface area contributed by atoms with E-state index < -0.39 is 0 Å². The minimum absolute atomic E-state index is 0.0913. The summed E-state index contributed by atoms with van der Waals surface area (Å²) in [6.45, 7) is 0. The van der Waals surface area contributed by atoms with Crippen molar-refractivity contribution < 1.29 is 4.79 Å². The molecule has 0 atom stereocenters. The van der Waals surface area contributed by atoms with E-state index in [1.54, 1.807) is 18.2 Å². The van der Waals surface area contributed by atoms with Crippen molar-refractivity contribution in [3.05, 3.63) is 23.2 Å². The lowest BCUT2D eigenvalue weighted by Crippen LogP contribution is -2.23. The van der Waals surface area contributed by atoms with Crippen molar-refractivity contribution in [3.63, 3.8) is 0 Å². The molecule has 1 saturated carbocycles. The van der Waals surface area contributed by atoms with Crippen LogP contribution in [0.15, 0.2) is 18.2 Å². The van der Waals surface area contributed by atoms with Crippen molar-refractivity contribution in [2.24, 2.45) is 5.92 Å². The second-order valence-electron chi connectivity index (χ2n) is 5.27. The summed E-state index contributed by atoms with van der Waals surface area (Å²) in [4.78, 5) is 12.3. The van der Waals surface area contributed by atoms with Crippen molar-refractivity contribution in [2.45, 2.75) is 44.9 Å². The number of nitrogens with two attached hydrogens (primary N) is 1. The molecule has 0 saturated heterocycles. The van der Waals surface area contributed by atoms with Crippen LogP contribution in [0.25, 0.3) is 0 Å². The summed E-state index contributed by atoms with van der Waals surface area (Å²) in [7, 11) is 0. The average Bonchev–Trinajstić information content (AvgIpc) is 2.32. The van der Waals surface area contributed by atoms with Gasteiger partial charge >= 0.3 is 0 Å². The van der Waals surface area contributed by atoms with E-state index in [0.717, 1.165) is 25.7 Å². The zero-order valence-electron chi connectivity index (χ0n) is 11.1. The van der Waals surface area contributed by atoms with Gasteiger partial charge in [-0.1, -0.05) is 43.7 Å². The molecule has 0 spiro atoms. The fraction of sp³-hybridized carbons (Fsp3) is 0.533. The van der Waals surface area contributed by atoms with Crippen LogP contribution in [-0.2, 0) is 4.79 Å². The Kier molecular flexibility index (Phi) is 5.08. The van der Waals surface area contributed by atoms with Crippen molar-refractivity contribution >= 4 is 28.9 Å². The summed E-state index contributed by atoms with van der Waals surface area (Å²) in [6.07, 6.45) is 8.05. The summed E-state index contributed by atoms with van der Waals surface area (Å²) in [5.74, 6) is 0.211. The first-order valence-corrected chi connectivity index (χ1v) is 7.40. The van der Waals surface area contributed by atoms with Gasteiger partial charge in [-0.3, -0.25) is 4.79 Å². The third kappa shape index (κ3) is 4.13. The highest BCUT2D eigenvalue weighted by atomic mass is 35.5. The molecule has 1 aromatic rings. The van der Waals surface area contributed by atoms with Gasteiger partial charge in [-0.05, 0) is 31.0 Å². The Morgan fingerprint density at radius 2 is 1.79 bits per heavy atom. The van der Waals surface area contributed by atoms with Crippen LogP contribution >= 0.6 is 11.6 Å². The van der Waals surface area contributed by atoms with Gasteiger partial charge in [0.15, 0.2) is 0 Å². The third-order valence-electron chi connectivity index (χ3n) is 3.73. The summed E-state index contributed by atoms with van der Waals surface area (Å²) in [5.41, 5.74) is 6.90. The number of anilines is 2. The SMILES string of the molecule is Nc1ccc(NC(=O)C2CCCCCCC2)c(Cl)c1. The molecule has 1 aromatic carbocycles. The summed E-state index contributed by atoms with van der Waals surface area (Å²) in [5, 5.41) is 3.43. The number of nitrogens with one attached hydrogen (secondary N) is 1. The van der Waals surface area contributed by atoms with Crippen LogP contribution in [0, 0.1) is 5.92 Å². The molecule has 0 unspecified atom stereocenters. The molecule has 0 aromatic heterocycles. The Hall–Kier alpha value is -1.22. The molecule has 0 bridgehead atoms. The van der Waals surface area contributed by atoms with Crippen LogP contribution in [-0.4, -0.2) is 5.91 Å². The first-order valence-electron chi connectivity index (χ1n) is 7.02. The highest BCUT2D eigenvalue weighted by Gasteiger charge is 2.20. The Balaban J connectivity index is 1.98. The van der Waals surface area contributed by atoms with Crippen LogP contribution in [0.3, 0.4) is 0 Å². The van der Waals surface area contributed by atoms with Gasteiger partial charge in [-0.2, -0.15) is 0 Å². The highest BCUT2D eigenvalue weighted by Crippen LogP contribution is 2.27. The minimum Gasteiger partial charge on any atom is -0.399 e. The maximum atomic E-state index is 12.3. The number of hydrogen-bond acceptors (Lipinski definition) is 2. The molecule has 104 valence electrons.